The molecule has 0 spiro atoms. The topological polar surface area (TPSA) is 15.3 Å². The Kier molecular flexibility index (Phi) is 7.49. The molecule has 0 aromatic heterocycles. The number of nitrogens with zero attached hydrogens (tertiary/aromatic N) is 1. The van der Waals surface area contributed by atoms with Gasteiger partial charge in [0.25, 0.3) is 0 Å². The number of rotatable bonds is 7. The fourth-order valence-electron chi connectivity index (χ4n) is 2.34. The molecular weight excluding hydrogens is 204 g/mol. The molecule has 1 N–H and O–H groups in total. The van der Waals surface area contributed by atoms with Crippen molar-refractivity contribution in [2.45, 2.75) is 26.2 Å². The SMILES string of the molecule is CCSCCCN1CCCC(CNC)C1. The van der Waals surface area contributed by atoms with E-state index in [1.807, 2.05) is 0 Å². The van der Waals surface area contributed by atoms with Crippen molar-refractivity contribution in [1.82, 2.24) is 10.2 Å². The first kappa shape index (κ1) is 13.3. The van der Waals surface area contributed by atoms with Crippen molar-refractivity contribution >= 4 is 11.8 Å². The minimum atomic E-state index is 0.891. The number of thioether (sulfide) groups is 1. The zero-order chi connectivity index (χ0) is 10.9. The maximum Gasteiger partial charge on any atom is 0.00218 e. The minimum Gasteiger partial charge on any atom is -0.319 e. The molecule has 15 heavy (non-hydrogen) atoms. The minimum absolute atomic E-state index is 0.891. The molecule has 1 unspecified atom stereocenters. The van der Waals surface area contributed by atoms with Crippen LogP contribution in [-0.4, -0.2) is 49.6 Å². The molecule has 0 aromatic carbocycles. The van der Waals surface area contributed by atoms with Crippen LogP contribution in [0.2, 0.25) is 0 Å². The molecular formula is C12H26N2S. The summed E-state index contributed by atoms with van der Waals surface area (Å²) in [5, 5.41) is 3.30. The molecule has 0 bridgehead atoms. The first-order valence-electron chi connectivity index (χ1n) is 6.31. The number of nitrogens with one attached hydrogen (secondary N) is 1. The zero-order valence-electron chi connectivity index (χ0n) is 10.3. The Balaban J connectivity index is 2.07. The van der Waals surface area contributed by atoms with Gasteiger partial charge in [0, 0.05) is 6.54 Å². The number of hydrogen-bond acceptors (Lipinski definition) is 3. The third kappa shape index (κ3) is 5.79. The fourth-order valence-corrected chi connectivity index (χ4v) is 2.97. The van der Waals surface area contributed by atoms with Crippen molar-refractivity contribution in [3.63, 3.8) is 0 Å². The molecule has 1 saturated heterocycles. The van der Waals surface area contributed by atoms with E-state index in [9.17, 15) is 0 Å². The molecule has 0 aromatic rings. The highest BCUT2D eigenvalue weighted by atomic mass is 32.2. The predicted octanol–water partition coefficient (Wildman–Crippen LogP) is 2.06. The lowest BCUT2D eigenvalue weighted by molar-refractivity contribution is 0.174. The smallest absolute Gasteiger partial charge is 0.00218 e. The van der Waals surface area contributed by atoms with Crippen molar-refractivity contribution in [2.75, 3.05) is 44.7 Å². The quantitative estimate of drug-likeness (QED) is 0.674. The lowest BCUT2D eigenvalue weighted by Crippen LogP contribution is -2.39. The molecule has 1 fully saturated rings. The van der Waals surface area contributed by atoms with Crippen LogP contribution in [0.25, 0.3) is 0 Å². The third-order valence-corrected chi connectivity index (χ3v) is 4.05. The van der Waals surface area contributed by atoms with Crippen molar-refractivity contribution in [3.05, 3.63) is 0 Å². The number of piperidine rings is 1. The van der Waals surface area contributed by atoms with E-state index in [0.29, 0.717) is 0 Å². The van der Waals surface area contributed by atoms with Crippen LogP contribution >= 0.6 is 11.8 Å². The summed E-state index contributed by atoms with van der Waals surface area (Å²) in [5.41, 5.74) is 0. The van der Waals surface area contributed by atoms with Crippen molar-refractivity contribution in [1.29, 1.82) is 0 Å². The largest absolute Gasteiger partial charge is 0.319 e. The van der Waals surface area contributed by atoms with Gasteiger partial charge in [-0.25, -0.2) is 0 Å². The van der Waals surface area contributed by atoms with Crippen LogP contribution in [0.5, 0.6) is 0 Å². The van der Waals surface area contributed by atoms with Crippen LogP contribution < -0.4 is 5.32 Å². The molecule has 90 valence electrons. The summed E-state index contributed by atoms with van der Waals surface area (Å²) >= 11 is 2.07. The van der Waals surface area contributed by atoms with Crippen molar-refractivity contribution < 1.29 is 0 Å². The Bertz CT molecular complexity index is 151. The van der Waals surface area contributed by atoms with E-state index in [1.165, 1.54) is 56.9 Å². The van der Waals surface area contributed by atoms with E-state index in [2.05, 4.69) is 35.9 Å². The highest BCUT2D eigenvalue weighted by molar-refractivity contribution is 7.99. The summed E-state index contributed by atoms with van der Waals surface area (Å²) in [6.07, 6.45) is 4.18. The van der Waals surface area contributed by atoms with Crippen LogP contribution in [0.15, 0.2) is 0 Å². The van der Waals surface area contributed by atoms with Gasteiger partial charge in [0.1, 0.15) is 0 Å². The van der Waals surface area contributed by atoms with E-state index >= 15 is 0 Å². The third-order valence-electron chi connectivity index (χ3n) is 3.06. The lowest BCUT2D eigenvalue weighted by atomic mass is 9.98. The summed E-state index contributed by atoms with van der Waals surface area (Å²) < 4.78 is 0. The number of likely N-dealkylation sites (tertiary alicyclic amines) is 1. The maximum absolute atomic E-state index is 3.30. The van der Waals surface area contributed by atoms with Gasteiger partial charge in [-0.3, -0.25) is 0 Å². The monoisotopic (exact) mass is 230 g/mol. The average molecular weight is 230 g/mol. The summed E-state index contributed by atoms with van der Waals surface area (Å²) in [4.78, 5) is 2.65. The molecule has 0 saturated carbocycles. The van der Waals surface area contributed by atoms with Gasteiger partial charge in [-0.15, -0.1) is 0 Å². The molecule has 1 aliphatic rings. The van der Waals surface area contributed by atoms with Crippen molar-refractivity contribution in [3.8, 4) is 0 Å². The van der Waals surface area contributed by atoms with Gasteiger partial charge < -0.3 is 10.2 Å². The molecule has 1 rings (SSSR count). The van der Waals surface area contributed by atoms with Gasteiger partial charge in [-0.1, -0.05) is 6.92 Å². The standard InChI is InChI=1S/C12H26N2S/c1-3-15-9-5-8-14-7-4-6-12(11-14)10-13-2/h12-13H,3-11H2,1-2H3. The Morgan fingerprint density at radius 2 is 2.33 bits per heavy atom. The van der Waals surface area contributed by atoms with E-state index in [1.54, 1.807) is 0 Å². The summed E-state index contributed by atoms with van der Waals surface area (Å²) in [5.74, 6) is 3.49. The van der Waals surface area contributed by atoms with Crippen LogP contribution in [-0.2, 0) is 0 Å². The molecule has 1 atom stereocenters. The Hall–Kier alpha value is 0.270. The van der Waals surface area contributed by atoms with Gasteiger partial charge in [-0.05, 0) is 63.4 Å². The van der Waals surface area contributed by atoms with Gasteiger partial charge in [-0.2, -0.15) is 11.8 Å². The Morgan fingerprint density at radius 1 is 1.47 bits per heavy atom. The van der Waals surface area contributed by atoms with Crippen LogP contribution in [0, 0.1) is 5.92 Å². The average Bonchev–Trinajstić information content (AvgIpc) is 2.26. The molecule has 0 radical (unpaired) electrons. The first-order valence-corrected chi connectivity index (χ1v) is 7.47. The molecule has 3 heteroatoms. The highest BCUT2D eigenvalue weighted by Crippen LogP contribution is 2.16. The second-order valence-electron chi connectivity index (χ2n) is 4.42. The van der Waals surface area contributed by atoms with Crippen LogP contribution in [0.4, 0.5) is 0 Å². The van der Waals surface area contributed by atoms with Gasteiger partial charge in [0.2, 0.25) is 0 Å². The fraction of sp³-hybridized carbons (Fsp3) is 1.00. The van der Waals surface area contributed by atoms with Crippen LogP contribution in [0.1, 0.15) is 26.2 Å². The first-order chi connectivity index (χ1) is 7.36. The van der Waals surface area contributed by atoms with E-state index < -0.39 is 0 Å². The summed E-state index contributed by atoms with van der Waals surface area (Å²) in [7, 11) is 2.07. The molecule has 0 aliphatic carbocycles. The summed E-state index contributed by atoms with van der Waals surface area (Å²) in [6, 6.07) is 0. The molecule has 0 amide bonds. The maximum atomic E-state index is 3.30. The summed E-state index contributed by atoms with van der Waals surface area (Å²) in [6.45, 7) is 7.40. The van der Waals surface area contributed by atoms with E-state index in [0.717, 1.165) is 5.92 Å². The molecule has 2 nitrogen and oxygen atoms in total. The second kappa shape index (κ2) is 8.43. The van der Waals surface area contributed by atoms with Gasteiger partial charge in [0.05, 0.1) is 0 Å². The Labute approximate surface area is 99.2 Å². The predicted molar refractivity (Wildman–Crippen MR) is 70.7 cm³/mol. The highest BCUT2D eigenvalue weighted by Gasteiger charge is 2.18. The molecule has 1 heterocycles. The van der Waals surface area contributed by atoms with E-state index in [4.69, 9.17) is 0 Å². The van der Waals surface area contributed by atoms with E-state index in [-0.39, 0.29) is 0 Å². The lowest BCUT2D eigenvalue weighted by Gasteiger charge is -2.32. The van der Waals surface area contributed by atoms with Crippen LogP contribution in [0.3, 0.4) is 0 Å². The zero-order valence-corrected chi connectivity index (χ0v) is 11.1. The second-order valence-corrected chi connectivity index (χ2v) is 5.81. The van der Waals surface area contributed by atoms with Gasteiger partial charge >= 0.3 is 0 Å². The Morgan fingerprint density at radius 3 is 3.07 bits per heavy atom. The molecule has 1 aliphatic heterocycles. The van der Waals surface area contributed by atoms with Crippen molar-refractivity contribution in [2.24, 2.45) is 5.92 Å². The normalized spacial score (nSPS) is 23.2. The number of hydrogen-bond donors (Lipinski definition) is 1. The van der Waals surface area contributed by atoms with Gasteiger partial charge in [0.15, 0.2) is 0 Å².